The molecule has 1 amide bonds. The number of para-hydroxylation sites is 1. The van der Waals surface area contributed by atoms with E-state index in [1.807, 2.05) is 74.0 Å². The Bertz CT molecular complexity index is 901. The number of carbonyl (C=O) groups excluding carboxylic acids is 1. The van der Waals surface area contributed by atoms with Crippen molar-refractivity contribution in [3.8, 4) is 5.69 Å². The van der Waals surface area contributed by atoms with Crippen LogP contribution in [0.25, 0.3) is 5.69 Å². The van der Waals surface area contributed by atoms with Crippen LogP contribution in [0, 0.1) is 13.8 Å². The lowest BCUT2D eigenvalue weighted by Gasteiger charge is -2.16. The Labute approximate surface area is 162 Å². The number of halogens is 1. The van der Waals surface area contributed by atoms with E-state index in [0.29, 0.717) is 5.02 Å². The van der Waals surface area contributed by atoms with Gasteiger partial charge in [-0.15, -0.1) is 0 Å². The number of imidazole rings is 1. The molecule has 6 heteroatoms. The first kappa shape index (κ1) is 18.5. The molecular weight excluding hydrogens is 366 g/mol. The van der Waals surface area contributed by atoms with Crippen LogP contribution < -0.4 is 5.32 Å². The first-order valence-corrected chi connectivity index (χ1v) is 9.54. The highest BCUT2D eigenvalue weighted by Gasteiger charge is 2.19. The lowest BCUT2D eigenvalue weighted by Crippen LogP contribution is -2.23. The minimum Gasteiger partial charge on any atom is -0.325 e. The molecule has 3 rings (SSSR count). The number of aromatic nitrogens is 2. The average molecular weight is 386 g/mol. The smallest absolute Gasteiger partial charge is 0.237 e. The quantitative estimate of drug-likeness (QED) is 0.609. The Kier molecular flexibility index (Phi) is 5.69. The van der Waals surface area contributed by atoms with Gasteiger partial charge in [-0.3, -0.25) is 9.36 Å². The third kappa shape index (κ3) is 4.11. The van der Waals surface area contributed by atoms with Crippen molar-refractivity contribution in [2.24, 2.45) is 0 Å². The zero-order valence-corrected chi connectivity index (χ0v) is 16.4. The van der Waals surface area contributed by atoms with Gasteiger partial charge in [-0.25, -0.2) is 4.98 Å². The first-order valence-electron chi connectivity index (χ1n) is 8.28. The fraction of sp³-hybridized carbons (Fsp3) is 0.200. The van der Waals surface area contributed by atoms with Gasteiger partial charge in [0.15, 0.2) is 5.16 Å². The van der Waals surface area contributed by atoms with E-state index in [0.717, 1.165) is 27.7 Å². The number of benzene rings is 2. The molecule has 4 nitrogen and oxygen atoms in total. The topological polar surface area (TPSA) is 46.9 Å². The van der Waals surface area contributed by atoms with Crippen LogP contribution in [-0.2, 0) is 4.79 Å². The van der Waals surface area contributed by atoms with Gasteiger partial charge in [0.05, 0.1) is 5.25 Å². The van der Waals surface area contributed by atoms with Crippen molar-refractivity contribution >= 4 is 35.0 Å². The molecule has 0 fully saturated rings. The SMILES string of the molecule is Cc1cccc(C)c1NC(=O)[C@@H](C)Sc1nccn1-c1ccc(Cl)cc1. The van der Waals surface area contributed by atoms with Crippen molar-refractivity contribution in [2.45, 2.75) is 31.2 Å². The summed E-state index contributed by atoms with van der Waals surface area (Å²) in [6.45, 7) is 5.87. The normalized spacial score (nSPS) is 12.0. The van der Waals surface area contributed by atoms with Gasteiger partial charge >= 0.3 is 0 Å². The number of aryl methyl sites for hydroxylation is 2. The molecule has 1 aromatic heterocycles. The molecule has 0 radical (unpaired) electrons. The molecule has 26 heavy (non-hydrogen) atoms. The van der Waals surface area contributed by atoms with Crippen LogP contribution in [0.4, 0.5) is 5.69 Å². The van der Waals surface area contributed by atoms with Gasteiger partial charge < -0.3 is 5.32 Å². The molecule has 0 aliphatic carbocycles. The Morgan fingerprint density at radius 3 is 2.46 bits per heavy atom. The number of rotatable bonds is 5. The van der Waals surface area contributed by atoms with E-state index < -0.39 is 0 Å². The summed E-state index contributed by atoms with van der Waals surface area (Å²) in [7, 11) is 0. The number of hydrogen-bond acceptors (Lipinski definition) is 3. The predicted molar refractivity (Wildman–Crippen MR) is 108 cm³/mol. The predicted octanol–water partition coefficient (Wildman–Crippen LogP) is 5.26. The molecule has 0 saturated carbocycles. The maximum absolute atomic E-state index is 12.6. The number of anilines is 1. The van der Waals surface area contributed by atoms with E-state index in [1.165, 1.54) is 11.8 Å². The maximum atomic E-state index is 12.6. The van der Waals surface area contributed by atoms with Crippen LogP contribution in [0.5, 0.6) is 0 Å². The lowest BCUT2D eigenvalue weighted by molar-refractivity contribution is -0.115. The highest BCUT2D eigenvalue weighted by Crippen LogP contribution is 2.27. The largest absolute Gasteiger partial charge is 0.325 e. The molecule has 3 aromatic rings. The Morgan fingerprint density at radius 1 is 1.15 bits per heavy atom. The molecule has 1 N–H and O–H groups in total. The Morgan fingerprint density at radius 2 is 1.81 bits per heavy atom. The number of thioether (sulfide) groups is 1. The fourth-order valence-corrected chi connectivity index (χ4v) is 3.63. The van der Waals surface area contributed by atoms with E-state index in [-0.39, 0.29) is 11.2 Å². The summed E-state index contributed by atoms with van der Waals surface area (Å²) >= 11 is 7.38. The van der Waals surface area contributed by atoms with Crippen molar-refractivity contribution < 1.29 is 4.79 Å². The van der Waals surface area contributed by atoms with E-state index in [1.54, 1.807) is 6.20 Å². The van der Waals surface area contributed by atoms with Crippen molar-refractivity contribution in [1.29, 1.82) is 0 Å². The zero-order valence-electron chi connectivity index (χ0n) is 14.9. The second kappa shape index (κ2) is 7.98. The first-order chi connectivity index (χ1) is 12.5. The monoisotopic (exact) mass is 385 g/mol. The van der Waals surface area contributed by atoms with E-state index in [4.69, 9.17) is 11.6 Å². The average Bonchev–Trinajstić information content (AvgIpc) is 3.07. The molecule has 2 aromatic carbocycles. The second-order valence-electron chi connectivity index (χ2n) is 6.07. The summed E-state index contributed by atoms with van der Waals surface area (Å²) < 4.78 is 1.95. The van der Waals surface area contributed by atoms with Crippen LogP contribution >= 0.6 is 23.4 Å². The fourth-order valence-electron chi connectivity index (χ4n) is 2.62. The Balaban J connectivity index is 1.74. The van der Waals surface area contributed by atoms with Crippen molar-refractivity contribution in [1.82, 2.24) is 9.55 Å². The molecule has 0 aliphatic heterocycles. The molecular formula is C20H20ClN3OS. The summed E-state index contributed by atoms with van der Waals surface area (Å²) in [5.74, 6) is -0.0435. The van der Waals surface area contributed by atoms with Crippen molar-refractivity contribution in [2.75, 3.05) is 5.32 Å². The zero-order chi connectivity index (χ0) is 18.7. The van der Waals surface area contributed by atoms with Crippen molar-refractivity contribution in [3.05, 3.63) is 71.0 Å². The van der Waals surface area contributed by atoms with Gasteiger partial charge in [0.1, 0.15) is 0 Å². The van der Waals surface area contributed by atoms with E-state index >= 15 is 0 Å². The van der Waals surface area contributed by atoms with Crippen LogP contribution in [0.1, 0.15) is 18.1 Å². The Hall–Kier alpha value is -2.24. The minimum atomic E-state index is -0.289. The van der Waals surface area contributed by atoms with Crippen LogP contribution in [0.3, 0.4) is 0 Å². The second-order valence-corrected chi connectivity index (χ2v) is 7.82. The van der Waals surface area contributed by atoms with Crippen LogP contribution in [0.2, 0.25) is 5.02 Å². The summed E-state index contributed by atoms with van der Waals surface area (Å²) in [5, 5.41) is 4.20. The standard InChI is InChI=1S/C20H20ClN3OS/c1-13-5-4-6-14(2)18(13)23-19(25)15(3)26-20-22-11-12-24(20)17-9-7-16(21)8-10-17/h4-12,15H,1-3H3,(H,23,25)/t15-/m1/s1. The van der Waals surface area contributed by atoms with Crippen LogP contribution in [-0.4, -0.2) is 20.7 Å². The maximum Gasteiger partial charge on any atom is 0.237 e. The minimum absolute atomic E-state index is 0.0435. The molecule has 0 spiro atoms. The molecule has 1 heterocycles. The lowest BCUT2D eigenvalue weighted by atomic mass is 10.1. The van der Waals surface area contributed by atoms with Gasteiger partial charge in [-0.2, -0.15) is 0 Å². The molecule has 0 unspecified atom stereocenters. The molecule has 0 saturated heterocycles. The number of nitrogens with one attached hydrogen (secondary N) is 1. The summed E-state index contributed by atoms with van der Waals surface area (Å²) in [6, 6.07) is 13.5. The van der Waals surface area contributed by atoms with Gasteiger partial charge in [-0.1, -0.05) is 41.6 Å². The number of amides is 1. The van der Waals surface area contributed by atoms with E-state index in [9.17, 15) is 4.79 Å². The molecule has 1 atom stereocenters. The third-order valence-electron chi connectivity index (χ3n) is 4.09. The summed E-state index contributed by atoms with van der Waals surface area (Å²) in [6.07, 6.45) is 3.61. The van der Waals surface area contributed by atoms with Gasteiger partial charge in [0.2, 0.25) is 5.91 Å². The van der Waals surface area contributed by atoms with Gasteiger partial charge in [0.25, 0.3) is 0 Å². The highest BCUT2D eigenvalue weighted by molar-refractivity contribution is 8.00. The number of nitrogens with zero attached hydrogens (tertiary/aromatic N) is 2. The molecule has 134 valence electrons. The van der Waals surface area contributed by atoms with Gasteiger partial charge in [0, 0.05) is 28.8 Å². The number of carbonyl (C=O) groups is 1. The number of hydrogen-bond donors (Lipinski definition) is 1. The van der Waals surface area contributed by atoms with Crippen molar-refractivity contribution in [3.63, 3.8) is 0 Å². The third-order valence-corrected chi connectivity index (χ3v) is 5.42. The summed E-state index contributed by atoms with van der Waals surface area (Å²) in [4.78, 5) is 17.0. The molecule has 0 bridgehead atoms. The summed E-state index contributed by atoms with van der Waals surface area (Å²) in [5.41, 5.74) is 3.94. The van der Waals surface area contributed by atoms with Gasteiger partial charge in [-0.05, 0) is 56.2 Å². The van der Waals surface area contributed by atoms with Crippen LogP contribution in [0.15, 0.2) is 60.0 Å². The highest BCUT2D eigenvalue weighted by atomic mass is 35.5. The molecule has 0 aliphatic rings. The van der Waals surface area contributed by atoms with E-state index in [2.05, 4.69) is 10.3 Å².